The summed E-state index contributed by atoms with van der Waals surface area (Å²) in [6.45, 7) is 1.39. The Labute approximate surface area is 83.8 Å². The van der Waals surface area contributed by atoms with Gasteiger partial charge in [-0.3, -0.25) is 0 Å². The first-order chi connectivity index (χ1) is 6.79. The van der Waals surface area contributed by atoms with Crippen LogP contribution in [0, 0.1) is 0 Å². The van der Waals surface area contributed by atoms with Crippen molar-refractivity contribution in [2.24, 2.45) is 0 Å². The van der Waals surface area contributed by atoms with E-state index >= 15 is 0 Å². The lowest BCUT2D eigenvalue weighted by molar-refractivity contribution is -0.113. The van der Waals surface area contributed by atoms with Crippen molar-refractivity contribution in [1.29, 1.82) is 0 Å². The van der Waals surface area contributed by atoms with Crippen LogP contribution in [0.1, 0.15) is 25.7 Å². The molecule has 2 N–H and O–H groups in total. The maximum absolute atomic E-state index is 9.82. The molecule has 0 radical (unpaired) electrons. The molecule has 0 spiro atoms. The summed E-state index contributed by atoms with van der Waals surface area (Å²) >= 11 is 0. The fourth-order valence-electron chi connectivity index (χ4n) is 2.18. The third-order valence-electron chi connectivity index (χ3n) is 3.04. The zero-order chi connectivity index (χ0) is 9.97. The molecule has 2 heterocycles. The number of rotatable bonds is 3. The molecule has 2 saturated heterocycles. The van der Waals surface area contributed by atoms with E-state index in [1.165, 1.54) is 0 Å². The van der Waals surface area contributed by atoms with E-state index in [0.717, 1.165) is 25.7 Å². The Morgan fingerprint density at radius 1 is 0.857 bits per heavy atom. The van der Waals surface area contributed by atoms with Crippen molar-refractivity contribution in [2.45, 2.75) is 50.1 Å². The molecule has 14 heavy (non-hydrogen) atoms. The van der Waals surface area contributed by atoms with Crippen LogP contribution in [-0.4, -0.2) is 47.8 Å². The molecule has 0 aromatic carbocycles. The predicted molar refractivity (Wildman–Crippen MR) is 50.0 cm³/mol. The molecule has 4 atom stereocenters. The van der Waals surface area contributed by atoms with Gasteiger partial charge in [0.25, 0.3) is 0 Å². The second-order valence-electron chi connectivity index (χ2n) is 4.08. The predicted octanol–water partition coefficient (Wildman–Crippen LogP) is 0.0662. The summed E-state index contributed by atoms with van der Waals surface area (Å²) in [4.78, 5) is 0. The Balaban J connectivity index is 1.85. The van der Waals surface area contributed by atoms with Gasteiger partial charge in [-0.2, -0.15) is 0 Å². The van der Waals surface area contributed by atoms with Crippen LogP contribution in [-0.2, 0) is 9.47 Å². The quantitative estimate of drug-likeness (QED) is 0.679. The molecule has 2 aliphatic heterocycles. The molecule has 0 amide bonds. The Morgan fingerprint density at radius 3 is 1.57 bits per heavy atom. The van der Waals surface area contributed by atoms with Crippen LogP contribution in [0.2, 0.25) is 0 Å². The molecule has 0 aromatic heterocycles. The van der Waals surface area contributed by atoms with Gasteiger partial charge in [-0.1, -0.05) is 0 Å². The summed E-state index contributed by atoms with van der Waals surface area (Å²) in [5.74, 6) is 0. The topological polar surface area (TPSA) is 58.9 Å². The van der Waals surface area contributed by atoms with Crippen LogP contribution in [0.3, 0.4) is 0 Å². The molecule has 2 aliphatic rings. The molecule has 0 saturated carbocycles. The largest absolute Gasteiger partial charge is 0.388 e. The smallest absolute Gasteiger partial charge is 0.109 e. The molecule has 0 aliphatic carbocycles. The molecular weight excluding hydrogens is 184 g/mol. The number of aliphatic hydroxyl groups is 2. The Hall–Kier alpha value is -0.160. The van der Waals surface area contributed by atoms with Crippen LogP contribution in [0.15, 0.2) is 0 Å². The minimum Gasteiger partial charge on any atom is -0.388 e. The summed E-state index contributed by atoms with van der Waals surface area (Å²) in [5.41, 5.74) is 0. The van der Waals surface area contributed by atoms with E-state index < -0.39 is 12.2 Å². The molecule has 0 aromatic rings. The number of ether oxygens (including phenoxy) is 2. The van der Waals surface area contributed by atoms with Gasteiger partial charge in [-0.25, -0.2) is 0 Å². The summed E-state index contributed by atoms with van der Waals surface area (Å²) in [6, 6.07) is 0. The number of hydrogen-bond acceptors (Lipinski definition) is 4. The van der Waals surface area contributed by atoms with Gasteiger partial charge in [-0.05, 0) is 25.7 Å². The van der Waals surface area contributed by atoms with Gasteiger partial charge in [0.2, 0.25) is 0 Å². The third-order valence-corrected chi connectivity index (χ3v) is 3.04. The first-order valence-corrected chi connectivity index (χ1v) is 5.38. The van der Waals surface area contributed by atoms with E-state index in [0.29, 0.717) is 13.2 Å². The van der Waals surface area contributed by atoms with Crippen LogP contribution in [0.4, 0.5) is 0 Å². The van der Waals surface area contributed by atoms with E-state index in [2.05, 4.69) is 0 Å². The molecule has 2 rings (SSSR count). The minimum atomic E-state index is -0.791. The van der Waals surface area contributed by atoms with Crippen molar-refractivity contribution in [2.75, 3.05) is 13.2 Å². The molecule has 4 unspecified atom stereocenters. The van der Waals surface area contributed by atoms with E-state index in [9.17, 15) is 10.2 Å². The van der Waals surface area contributed by atoms with E-state index in [1.807, 2.05) is 0 Å². The standard InChI is InChI=1S/C10H18O4/c11-9(7-3-1-5-13-7)10(12)8-4-2-6-14-8/h7-12H,1-6H2. The van der Waals surface area contributed by atoms with Crippen LogP contribution in [0.25, 0.3) is 0 Å². The highest BCUT2D eigenvalue weighted by Gasteiger charge is 2.36. The molecular formula is C10H18O4. The first-order valence-electron chi connectivity index (χ1n) is 5.38. The normalized spacial score (nSPS) is 37.3. The lowest BCUT2D eigenvalue weighted by atomic mass is 9.99. The Kier molecular flexibility index (Phi) is 3.38. The highest BCUT2D eigenvalue weighted by molar-refractivity contribution is 4.86. The molecule has 0 bridgehead atoms. The van der Waals surface area contributed by atoms with Gasteiger partial charge in [0, 0.05) is 13.2 Å². The van der Waals surface area contributed by atoms with Crippen LogP contribution >= 0.6 is 0 Å². The number of hydrogen-bond donors (Lipinski definition) is 2. The van der Waals surface area contributed by atoms with Crippen molar-refractivity contribution in [3.05, 3.63) is 0 Å². The van der Waals surface area contributed by atoms with E-state index in [1.54, 1.807) is 0 Å². The lowest BCUT2D eigenvalue weighted by Crippen LogP contribution is -2.43. The van der Waals surface area contributed by atoms with Crippen LogP contribution in [0.5, 0.6) is 0 Å². The lowest BCUT2D eigenvalue weighted by Gasteiger charge is -2.26. The fourth-order valence-corrected chi connectivity index (χ4v) is 2.18. The Morgan fingerprint density at radius 2 is 1.29 bits per heavy atom. The average molecular weight is 202 g/mol. The summed E-state index contributed by atoms with van der Waals surface area (Å²) < 4.78 is 10.7. The summed E-state index contributed by atoms with van der Waals surface area (Å²) in [6.07, 6.45) is 1.64. The Bertz CT molecular complexity index is 153. The SMILES string of the molecule is OC(C1CCCO1)C(O)C1CCCO1. The van der Waals surface area contributed by atoms with E-state index in [4.69, 9.17) is 9.47 Å². The van der Waals surface area contributed by atoms with Crippen molar-refractivity contribution in [1.82, 2.24) is 0 Å². The summed E-state index contributed by atoms with van der Waals surface area (Å²) in [5, 5.41) is 19.6. The van der Waals surface area contributed by atoms with Crippen LogP contribution < -0.4 is 0 Å². The maximum Gasteiger partial charge on any atom is 0.109 e. The minimum absolute atomic E-state index is 0.200. The zero-order valence-electron chi connectivity index (χ0n) is 8.26. The molecule has 82 valence electrons. The average Bonchev–Trinajstić information content (AvgIpc) is 2.87. The van der Waals surface area contributed by atoms with Gasteiger partial charge in [0.15, 0.2) is 0 Å². The van der Waals surface area contributed by atoms with Gasteiger partial charge >= 0.3 is 0 Å². The molecule has 4 nitrogen and oxygen atoms in total. The molecule has 2 fully saturated rings. The van der Waals surface area contributed by atoms with Crippen molar-refractivity contribution in [3.63, 3.8) is 0 Å². The zero-order valence-corrected chi connectivity index (χ0v) is 8.26. The van der Waals surface area contributed by atoms with Gasteiger partial charge < -0.3 is 19.7 Å². The monoisotopic (exact) mass is 202 g/mol. The highest BCUT2D eigenvalue weighted by Crippen LogP contribution is 2.23. The van der Waals surface area contributed by atoms with Gasteiger partial charge in [-0.15, -0.1) is 0 Å². The second-order valence-corrected chi connectivity index (χ2v) is 4.08. The van der Waals surface area contributed by atoms with Crippen molar-refractivity contribution < 1.29 is 19.7 Å². The second kappa shape index (κ2) is 4.57. The van der Waals surface area contributed by atoms with Gasteiger partial charge in [0.1, 0.15) is 12.2 Å². The maximum atomic E-state index is 9.82. The first kappa shape index (κ1) is 10.4. The highest BCUT2D eigenvalue weighted by atomic mass is 16.5. The molecule has 4 heteroatoms. The number of aliphatic hydroxyl groups excluding tert-OH is 2. The van der Waals surface area contributed by atoms with Crippen molar-refractivity contribution >= 4 is 0 Å². The fraction of sp³-hybridized carbons (Fsp3) is 1.00. The summed E-state index contributed by atoms with van der Waals surface area (Å²) in [7, 11) is 0. The van der Waals surface area contributed by atoms with E-state index in [-0.39, 0.29) is 12.2 Å². The van der Waals surface area contributed by atoms with Crippen molar-refractivity contribution in [3.8, 4) is 0 Å². The third kappa shape index (κ3) is 2.08. The van der Waals surface area contributed by atoms with Gasteiger partial charge in [0.05, 0.1) is 12.2 Å².